The van der Waals surface area contributed by atoms with E-state index in [0.717, 1.165) is 34.6 Å². The van der Waals surface area contributed by atoms with E-state index in [1.54, 1.807) is 6.20 Å². The summed E-state index contributed by atoms with van der Waals surface area (Å²) in [5.41, 5.74) is 8.89. The zero-order valence-corrected chi connectivity index (χ0v) is 17.8. The number of pyridine rings is 1. The minimum absolute atomic E-state index is 0.148. The van der Waals surface area contributed by atoms with Crippen LogP contribution < -0.4 is 20.5 Å². The topological polar surface area (TPSA) is 124 Å². The summed E-state index contributed by atoms with van der Waals surface area (Å²) in [4.78, 5) is 23.9. The number of benzene rings is 1. The molecule has 0 unspecified atom stereocenters. The summed E-state index contributed by atoms with van der Waals surface area (Å²) < 4.78 is 11.8. The maximum atomic E-state index is 11.3. The molecule has 0 radical (unpaired) electrons. The van der Waals surface area contributed by atoms with Crippen molar-refractivity contribution >= 4 is 18.2 Å². The van der Waals surface area contributed by atoms with Gasteiger partial charge in [0.2, 0.25) is 5.91 Å². The fourth-order valence-electron chi connectivity index (χ4n) is 3.43. The molecule has 0 saturated heterocycles. The van der Waals surface area contributed by atoms with Crippen molar-refractivity contribution < 1.29 is 24.2 Å². The molecule has 0 bridgehead atoms. The van der Waals surface area contributed by atoms with Crippen molar-refractivity contribution in [1.29, 1.82) is 0 Å². The average molecular weight is 415 g/mol. The minimum Gasteiger partial charge on any atom is -0.492 e. The van der Waals surface area contributed by atoms with Crippen molar-refractivity contribution in [2.75, 3.05) is 11.9 Å². The standard InChI is InChI=1S/C21H27N3O3.CH2O2/c1-13(2)9-21(4,22)12-27-16-5-6-17-18-8-20(24-14(3)25)23-10-15(18)11-26-19(17)7-16;2-1-3/h5-8,10,13H,9,11-12,22H2,1-4H3,(H,23,24,25);1H,(H,2,3)/t21-;/m0./s1. The Morgan fingerprint density at radius 2 is 2.10 bits per heavy atom. The van der Waals surface area contributed by atoms with Crippen molar-refractivity contribution in [2.45, 2.75) is 46.3 Å². The number of hydrogen-bond donors (Lipinski definition) is 3. The monoisotopic (exact) mass is 415 g/mol. The SMILES string of the molecule is CC(=O)Nc1cc2c(cn1)COc1cc(OC[C@@](C)(N)CC(C)C)ccc1-2.O=CO. The van der Waals surface area contributed by atoms with Crippen molar-refractivity contribution in [3.05, 3.63) is 36.0 Å². The predicted octanol–water partition coefficient (Wildman–Crippen LogP) is 3.44. The molecule has 30 heavy (non-hydrogen) atoms. The van der Waals surface area contributed by atoms with Crippen LogP contribution in [0.4, 0.5) is 5.82 Å². The van der Waals surface area contributed by atoms with Gasteiger partial charge >= 0.3 is 0 Å². The second-order valence-electron chi connectivity index (χ2n) is 8.00. The number of carboxylic acid groups (broad SMARTS) is 1. The first-order valence-electron chi connectivity index (χ1n) is 9.68. The van der Waals surface area contributed by atoms with Gasteiger partial charge in [-0.15, -0.1) is 0 Å². The Kier molecular flexibility index (Phi) is 7.77. The van der Waals surface area contributed by atoms with Crippen LogP contribution >= 0.6 is 0 Å². The lowest BCUT2D eigenvalue weighted by Crippen LogP contribution is -2.43. The van der Waals surface area contributed by atoms with Crippen LogP contribution in [-0.4, -0.2) is 34.6 Å². The molecule has 8 heteroatoms. The molecule has 1 aromatic carbocycles. The smallest absolute Gasteiger partial charge is 0.290 e. The largest absolute Gasteiger partial charge is 0.492 e. The van der Waals surface area contributed by atoms with Gasteiger partial charge < -0.3 is 25.6 Å². The summed E-state index contributed by atoms with van der Waals surface area (Å²) in [5, 5.41) is 9.61. The first kappa shape index (κ1) is 23.2. The first-order chi connectivity index (χ1) is 14.1. The van der Waals surface area contributed by atoms with Crippen LogP contribution in [0.15, 0.2) is 30.5 Å². The molecule has 4 N–H and O–H groups in total. The third-order valence-corrected chi connectivity index (χ3v) is 4.36. The van der Waals surface area contributed by atoms with E-state index in [-0.39, 0.29) is 17.9 Å². The van der Waals surface area contributed by atoms with Crippen LogP contribution in [0.1, 0.15) is 39.7 Å². The highest BCUT2D eigenvalue weighted by atomic mass is 16.5. The highest BCUT2D eigenvalue weighted by Gasteiger charge is 2.23. The summed E-state index contributed by atoms with van der Waals surface area (Å²) >= 11 is 0. The Labute approximate surface area is 176 Å². The Hall–Kier alpha value is -3.13. The maximum Gasteiger partial charge on any atom is 0.290 e. The highest BCUT2D eigenvalue weighted by Crippen LogP contribution is 2.40. The van der Waals surface area contributed by atoms with Gasteiger partial charge in [0, 0.05) is 35.9 Å². The number of rotatable bonds is 6. The van der Waals surface area contributed by atoms with E-state index in [9.17, 15) is 4.79 Å². The van der Waals surface area contributed by atoms with E-state index in [4.69, 9.17) is 25.1 Å². The van der Waals surface area contributed by atoms with Crippen molar-refractivity contribution in [1.82, 2.24) is 4.98 Å². The van der Waals surface area contributed by atoms with Crippen LogP contribution in [0, 0.1) is 5.92 Å². The lowest BCUT2D eigenvalue weighted by molar-refractivity contribution is -0.123. The van der Waals surface area contributed by atoms with Gasteiger partial charge in [-0.3, -0.25) is 9.59 Å². The van der Waals surface area contributed by atoms with Crippen molar-refractivity contribution in [3.8, 4) is 22.6 Å². The number of fused-ring (bicyclic) bond motifs is 3. The molecule has 0 aliphatic carbocycles. The number of carbonyl (C=O) groups excluding carboxylic acids is 1. The third-order valence-electron chi connectivity index (χ3n) is 4.36. The molecule has 8 nitrogen and oxygen atoms in total. The maximum absolute atomic E-state index is 11.3. The molecule has 1 aliphatic heterocycles. The van der Waals surface area contributed by atoms with Crippen LogP contribution in [0.2, 0.25) is 0 Å². The number of nitrogens with two attached hydrogens (primary N) is 1. The number of aromatic nitrogens is 1. The lowest BCUT2D eigenvalue weighted by Gasteiger charge is -2.27. The fourth-order valence-corrected chi connectivity index (χ4v) is 3.43. The van der Waals surface area contributed by atoms with E-state index < -0.39 is 0 Å². The van der Waals surface area contributed by atoms with E-state index in [2.05, 4.69) is 24.1 Å². The molecule has 1 aliphatic rings. The summed E-state index contributed by atoms with van der Waals surface area (Å²) in [7, 11) is 0. The second-order valence-corrected chi connectivity index (χ2v) is 8.00. The molecule has 162 valence electrons. The van der Waals surface area contributed by atoms with E-state index in [0.29, 0.717) is 24.9 Å². The van der Waals surface area contributed by atoms with Gasteiger partial charge in [0.1, 0.15) is 30.5 Å². The van der Waals surface area contributed by atoms with Crippen LogP contribution in [0.5, 0.6) is 11.5 Å². The molecule has 1 amide bonds. The van der Waals surface area contributed by atoms with E-state index >= 15 is 0 Å². The molecular formula is C22H29N3O5. The van der Waals surface area contributed by atoms with E-state index in [1.807, 2.05) is 31.2 Å². The summed E-state index contributed by atoms with van der Waals surface area (Å²) in [6.07, 6.45) is 2.63. The molecule has 2 aromatic rings. The van der Waals surface area contributed by atoms with Gasteiger partial charge in [-0.2, -0.15) is 0 Å². The molecule has 0 fully saturated rings. The van der Waals surface area contributed by atoms with Gasteiger partial charge in [0.15, 0.2) is 0 Å². The molecule has 1 atom stereocenters. The minimum atomic E-state index is -0.379. The average Bonchev–Trinajstić information content (AvgIpc) is 2.65. The summed E-state index contributed by atoms with van der Waals surface area (Å²) in [5.74, 6) is 2.38. The Balaban J connectivity index is 0.00000101. The molecule has 0 spiro atoms. The van der Waals surface area contributed by atoms with Gasteiger partial charge in [-0.25, -0.2) is 4.98 Å². The van der Waals surface area contributed by atoms with Gasteiger partial charge in [0.05, 0.1) is 0 Å². The van der Waals surface area contributed by atoms with Crippen LogP contribution in [-0.2, 0) is 16.2 Å². The number of amides is 1. The predicted molar refractivity (Wildman–Crippen MR) is 115 cm³/mol. The van der Waals surface area contributed by atoms with Crippen molar-refractivity contribution in [2.24, 2.45) is 11.7 Å². The number of anilines is 1. The zero-order chi connectivity index (χ0) is 22.3. The van der Waals surface area contributed by atoms with Gasteiger partial charge in [-0.1, -0.05) is 13.8 Å². The van der Waals surface area contributed by atoms with E-state index in [1.165, 1.54) is 6.92 Å². The lowest BCUT2D eigenvalue weighted by atomic mass is 9.93. The summed E-state index contributed by atoms with van der Waals surface area (Å²) in [6, 6.07) is 7.65. The zero-order valence-electron chi connectivity index (χ0n) is 17.8. The first-order valence-corrected chi connectivity index (χ1v) is 9.68. The summed E-state index contributed by atoms with van der Waals surface area (Å²) in [6.45, 7) is 8.40. The molecular weight excluding hydrogens is 386 g/mol. The molecule has 0 saturated carbocycles. The molecule has 2 heterocycles. The Bertz CT molecular complexity index is 896. The highest BCUT2D eigenvalue weighted by molar-refractivity contribution is 5.89. The quantitative estimate of drug-likeness (QED) is 0.617. The number of carbonyl (C=O) groups is 2. The fraction of sp³-hybridized carbons (Fsp3) is 0.409. The second kappa shape index (κ2) is 10.1. The number of ether oxygens (including phenoxy) is 2. The number of nitrogens with one attached hydrogen (secondary N) is 1. The Morgan fingerprint density at radius 3 is 2.73 bits per heavy atom. The van der Waals surface area contributed by atoms with Crippen molar-refractivity contribution in [3.63, 3.8) is 0 Å². The Morgan fingerprint density at radius 1 is 1.40 bits per heavy atom. The van der Waals surface area contributed by atoms with Gasteiger partial charge in [-0.05, 0) is 43.0 Å². The third kappa shape index (κ3) is 6.45. The van der Waals surface area contributed by atoms with Crippen LogP contribution in [0.25, 0.3) is 11.1 Å². The molecule has 3 rings (SSSR count). The number of hydrogen-bond acceptors (Lipinski definition) is 6. The normalized spacial score (nSPS) is 13.5. The van der Waals surface area contributed by atoms with Crippen LogP contribution in [0.3, 0.4) is 0 Å². The van der Waals surface area contributed by atoms with Gasteiger partial charge in [0.25, 0.3) is 6.47 Å². The number of nitrogens with zero attached hydrogens (tertiary/aromatic N) is 1. The molecule has 1 aromatic heterocycles.